The number of halogens is 3. The Morgan fingerprint density at radius 1 is 1.30 bits per heavy atom. The average molecular weight is 175 g/mol. The molecule has 50 valence electrons. The maximum absolute atomic E-state index is 12.4. The van der Waals surface area contributed by atoms with Crippen molar-refractivity contribution >= 4 is 36.5 Å². The highest BCUT2D eigenvalue weighted by molar-refractivity contribution is 6.50. The standard InChI is InChI=1S/C6H2BCl2F/c7-4-1-3(10)2-5(8)6(4)9/h1-2H. The van der Waals surface area contributed by atoms with Crippen LogP contribution in [0, 0.1) is 5.82 Å². The van der Waals surface area contributed by atoms with Crippen LogP contribution in [0.2, 0.25) is 10.0 Å². The Morgan fingerprint density at radius 3 is 2.40 bits per heavy atom. The topological polar surface area (TPSA) is 0 Å². The average Bonchev–Trinajstić information content (AvgIpc) is 1.82. The van der Waals surface area contributed by atoms with Crippen molar-refractivity contribution in [2.45, 2.75) is 0 Å². The van der Waals surface area contributed by atoms with E-state index in [1.54, 1.807) is 0 Å². The van der Waals surface area contributed by atoms with E-state index >= 15 is 0 Å². The van der Waals surface area contributed by atoms with Gasteiger partial charge in [0, 0.05) is 0 Å². The lowest BCUT2D eigenvalue weighted by atomic mass is 9.96. The summed E-state index contributed by atoms with van der Waals surface area (Å²) in [6.45, 7) is 0. The van der Waals surface area contributed by atoms with Crippen molar-refractivity contribution in [3.05, 3.63) is 28.0 Å². The lowest BCUT2D eigenvalue weighted by Gasteiger charge is -1.99. The number of rotatable bonds is 0. The van der Waals surface area contributed by atoms with Crippen molar-refractivity contribution in [2.75, 3.05) is 0 Å². The Bertz CT molecular complexity index is 239. The van der Waals surface area contributed by atoms with Gasteiger partial charge in [0.15, 0.2) is 0 Å². The van der Waals surface area contributed by atoms with E-state index in [2.05, 4.69) is 0 Å². The van der Waals surface area contributed by atoms with E-state index in [9.17, 15) is 4.39 Å². The molecule has 10 heavy (non-hydrogen) atoms. The van der Waals surface area contributed by atoms with Crippen molar-refractivity contribution in [1.82, 2.24) is 0 Å². The summed E-state index contributed by atoms with van der Waals surface area (Å²) >= 11 is 11.0. The molecule has 0 fully saturated rings. The molecular weight excluding hydrogens is 173 g/mol. The van der Waals surface area contributed by atoms with Crippen molar-refractivity contribution in [1.29, 1.82) is 0 Å². The van der Waals surface area contributed by atoms with E-state index in [0.717, 1.165) is 12.1 Å². The maximum Gasteiger partial charge on any atom is 0.124 e. The molecule has 0 heterocycles. The van der Waals surface area contributed by atoms with Crippen LogP contribution in [-0.2, 0) is 0 Å². The minimum Gasteiger partial charge on any atom is -0.207 e. The third-order valence-electron chi connectivity index (χ3n) is 1.02. The molecule has 4 heteroatoms. The van der Waals surface area contributed by atoms with Crippen molar-refractivity contribution in [3.8, 4) is 0 Å². The summed E-state index contributed by atoms with van der Waals surface area (Å²) in [7, 11) is 5.27. The van der Waals surface area contributed by atoms with Crippen LogP contribution >= 0.6 is 23.2 Å². The van der Waals surface area contributed by atoms with Crippen molar-refractivity contribution in [3.63, 3.8) is 0 Å². The zero-order chi connectivity index (χ0) is 7.72. The van der Waals surface area contributed by atoms with Crippen LogP contribution in [0.25, 0.3) is 0 Å². The second-order valence-corrected chi connectivity index (χ2v) is 2.58. The highest BCUT2D eigenvalue weighted by Gasteiger charge is 2.01. The van der Waals surface area contributed by atoms with E-state index in [1.165, 1.54) is 0 Å². The third kappa shape index (κ3) is 1.44. The molecular formula is C6H2BCl2F. The van der Waals surface area contributed by atoms with Gasteiger partial charge in [0.1, 0.15) is 13.7 Å². The van der Waals surface area contributed by atoms with Gasteiger partial charge in [0.25, 0.3) is 0 Å². The Labute approximate surface area is 69.4 Å². The summed E-state index contributed by atoms with van der Waals surface area (Å²) in [6, 6.07) is 2.23. The van der Waals surface area contributed by atoms with Gasteiger partial charge in [-0.2, -0.15) is 0 Å². The van der Waals surface area contributed by atoms with Crippen LogP contribution < -0.4 is 5.46 Å². The predicted octanol–water partition coefficient (Wildman–Crippen LogP) is 1.93. The first-order valence-electron chi connectivity index (χ1n) is 2.51. The Kier molecular flexibility index (Phi) is 2.22. The lowest BCUT2D eigenvalue weighted by Crippen LogP contribution is -2.04. The van der Waals surface area contributed by atoms with Gasteiger partial charge in [0.2, 0.25) is 0 Å². The van der Waals surface area contributed by atoms with Crippen LogP contribution in [0.1, 0.15) is 0 Å². The molecule has 0 aliphatic rings. The summed E-state index contributed by atoms with van der Waals surface area (Å²) in [4.78, 5) is 0. The van der Waals surface area contributed by atoms with E-state index in [0.29, 0.717) is 0 Å². The van der Waals surface area contributed by atoms with E-state index in [-0.39, 0.29) is 15.5 Å². The highest BCUT2D eigenvalue weighted by atomic mass is 35.5. The minimum atomic E-state index is -0.480. The SMILES string of the molecule is [B]c1cc(F)cc(Cl)c1Cl. The number of benzene rings is 1. The second-order valence-electron chi connectivity index (χ2n) is 1.79. The molecule has 0 bridgehead atoms. The number of hydrogen-bond acceptors (Lipinski definition) is 0. The fraction of sp³-hybridized carbons (Fsp3) is 0. The zero-order valence-corrected chi connectivity index (χ0v) is 6.38. The molecule has 0 nitrogen and oxygen atoms in total. The highest BCUT2D eigenvalue weighted by Crippen LogP contribution is 2.19. The maximum atomic E-state index is 12.4. The molecule has 0 unspecified atom stereocenters. The molecule has 0 atom stereocenters. The fourth-order valence-corrected chi connectivity index (χ4v) is 0.898. The first-order valence-corrected chi connectivity index (χ1v) is 3.27. The molecule has 2 radical (unpaired) electrons. The summed E-state index contributed by atoms with van der Waals surface area (Å²) in [5.41, 5.74) is 0.159. The molecule has 0 saturated carbocycles. The molecule has 1 rings (SSSR count). The van der Waals surface area contributed by atoms with Gasteiger partial charge < -0.3 is 0 Å². The first-order chi connectivity index (χ1) is 4.61. The van der Waals surface area contributed by atoms with Crippen LogP contribution in [-0.4, -0.2) is 7.85 Å². The van der Waals surface area contributed by atoms with E-state index < -0.39 is 5.82 Å². The monoisotopic (exact) mass is 174 g/mol. The largest absolute Gasteiger partial charge is 0.207 e. The lowest BCUT2D eigenvalue weighted by molar-refractivity contribution is 0.629. The molecule has 0 aromatic heterocycles. The van der Waals surface area contributed by atoms with Crippen molar-refractivity contribution < 1.29 is 4.39 Å². The van der Waals surface area contributed by atoms with Gasteiger partial charge in [-0.25, -0.2) is 4.39 Å². The van der Waals surface area contributed by atoms with Gasteiger partial charge in [0.05, 0.1) is 10.0 Å². The molecule has 0 spiro atoms. The predicted molar refractivity (Wildman–Crippen MR) is 41.8 cm³/mol. The summed E-state index contributed by atoms with van der Waals surface area (Å²) < 4.78 is 12.4. The molecule has 0 N–H and O–H groups in total. The fourth-order valence-electron chi connectivity index (χ4n) is 0.576. The van der Waals surface area contributed by atoms with Crippen LogP contribution in [0.5, 0.6) is 0 Å². The molecule has 0 saturated heterocycles. The molecule has 0 aliphatic carbocycles. The number of hydrogen-bond donors (Lipinski definition) is 0. The van der Waals surface area contributed by atoms with Gasteiger partial charge in [-0.1, -0.05) is 28.7 Å². The molecule has 0 aliphatic heterocycles. The Balaban J connectivity index is 3.31. The summed E-state index contributed by atoms with van der Waals surface area (Å²) in [6.07, 6.45) is 0. The molecule has 0 amide bonds. The van der Waals surface area contributed by atoms with Gasteiger partial charge in [-0.3, -0.25) is 0 Å². The smallest absolute Gasteiger partial charge is 0.124 e. The summed E-state index contributed by atoms with van der Waals surface area (Å²) in [5.74, 6) is -0.480. The van der Waals surface area contributed by atoms with Crippen LogP contribution in [0.3, 0.4) is 0 Å². The van der Waals surface area contributed by atoms with Gasteiger partial charge >= 0.3 is 0 Å². The molecule has 1 aromatic carbocycles. The minimum absolute atomic E-state index is 0.138. The summed E-state index contributed by atoms with van der Waals surface area (Å²) in [5, 5.41) is 0.335. The van der Waals surface area contributed by atoms with Crippen LogP contribution in [0.4, 0.5) is 4.39 Å². The zero-order valence-electron chi connectivity index (χ0n) is 4.87. The second kappa shape index (κ2) is 2.81. The normalized spacial score (nSPS) is 9.90. The van der Waals surface area contributed by atoms with Gasteiger partial charge in [-0.15, -0.1) is 0 Å². The van der Waals surface area contributed by atoms with E-state index in [4.69, 9.17) is 31.0 Å². The van der Waals surface area contributed by atoms with Gasteiger partial charge in [-0.05, 0) is 12.1 Å². The van der Waals surface area contributed by atoms with Crippen LogP contribution in [0.15, 0.2) is 12.1 Å². The Hall–Kier alpha value is -0.205. The Morgan fingerprint density at radius 2 is 1.90 bits per heavy atom. The third-order valence-corrected chi connectivity index (χ3v) is 1.84. The molecule has 1 aromatic rings. The van der Waals surface area contributed by atoms with Crippen molar-refractivity contribution in [2.24, 2.45) is 0 Å². The quantitative estimate of drug-likeness (QED) is 0.417. The first kappa shape index (κ1) is 7.90. The van der Waals surface area contributed by atoms with E-state index in [1.807, 2.05) is 0 Å².